The van der Waals surface area contributed by atoms with Crippen molar-refractivity contribution in [2.75, 3.05) is 13.2 Å². The highest BCUT2D eigenvalue weighted by atomic mass is 16.6. The van der Waals surface area contributed by atoms with Crippen LogP contribution in [0.25, 0.3) is 0 Å². The smallest absolute Gasteiger partial charge is 0.306 e. The zero-order valence-electron chi connectivity index (χ0n) is 38.5. The molecule has 0 aromatic carbocycles. The zero-order chi connectivity index (χ0) is 43.0. The van der Waals surface area contributed by atoms with E-state index in [0.717, 1.165) is 77.0 Å². The van der Waals surface area contributed by atoms with Crippen molar-refractivity contribution >= 4 is 17.9 Å². The van der Waals surface area contributed by atoms with Crippen LogP contribution in [0.15, 0.2) is 72.9 Å². The van der Waals surface area contributed by atoms with E-state index >= 15 is 0 Å². The number of hydrogen-bond donors (Lipinski definition) is 0. The number of unbranched alkanes of at least 4 members (excludes halogenated alkanes) is 20. The zero-order valence-corrected chi connectivity index (χ0v) is 38.5. The summed E-state index contributed by atoms with van der Waals surface area (Å²) in [6.07, 6.45) is 59.1. The van der Waals surface area contributed by atoms with Gasteiger partial charge in [0.05, 0.1) is 0 Å². The lowest BCUT2D eigenvalue weighted by Gasteiger charge is -2.18. The molecule has 0 rings (SSSR count). The minimum atomic E-state index is -0.799. The fourth-order valence-corrected chi connectivity index (χ4v) is 6.58. The quantitative estimate of drug-likeness (QED) is 0.0264. The molecular formula is C53H90O6. The van der Waals surface area contributed by atoms with Gasteiger partial charge >= 0.3 is 17.9 Å². The van der Waals surface area contributed by atoms with Gasteiger partial charge in [-0.3, -0.25) is 14.4 Å². The highest BCUT2D eigenvalue weighted by molar-refractivity contribution is 5.71. The average molecular weight is 823 g/mol. The molecule has 1 unspecified atom stereocenters. The van der Waals surface area contributed by atoms with Crippen LogP contribution >= 0.6 is 0 Å². The summed E-state index contributed by atoms with van der Waals surface area (Å²) in [7, 11) is 0. The van der Waals surface area contributed by atoms with Crippen LogP contribution < -0.4 is 0 Å². The first-order valence-corrected chi connectivity index (χ1v) is 24.4. The maximum Gasteiger partial charge on any atom is 0.306 e. The molecule has 1 atom stereocenters. The number of esters is 3. The molecule has 0 aliphatic heterocycles. The van der Waals surface area contributed by atoms with Crippen molar-refractivity contribution in [1.29, 1.82) is 0 Å². The second kappa shape index (κ2) is 47.5. The third-order valence-corrected chi connectivity index (χ3v) is 10.2. The van der Waals surface area contributed by atoms with Crippen LogP contribution in [-0.4, -0.2) is 37.2 Å². The maximum absolute atomic E-state index is 12.7. The number of hydrogen-bond acceptors (Lipinski definition) is 6. The van der Waals surface area contributed by atoms with Crippen molar-refractivity contribution in [3.05, 3.63) is 72.9 Å². The Balaban J connectivity index is 4.39. The third kappa shape index (κ3) is 45.8. The van der Waals surface area contributed by atoms with E-state index in [1.165, 1.54) is 103 Å². The van der Waals surface area contributed by atoms with Crippen LogP contribution in [0.1, 0.15) is 226 Å². The number of carbonyl (C=O) groups is 3. The molecule has 0 amide bonds. The molecule has 338 valence electrons. The Morgan fingerprint density at radius 3 is 1.03 bits per heavy atom. The summed E-state index contributed by atoms with van der Waals surface area (Å²) in [6.45, 7) is 6.41. The molecule has 6 nitrogen and oxygen atoms in total. The summed E-state index contributed by atoms with van der Waals surface area (Å²) in [6, 6.07) is 0. The SMILES string of the molecule is CC/C=C\C/C=C\C/C=C\C/C=C\C/C=C\C/C=C\CCC(=O)OCC(COC(=O)CCCCCCCCC)OC(=O)CCCCCCCCCCCCCCCCC. The van der Waals surface area contributed by atoms with E-state index in [9.17, 15) is 14.4 Å². The second-order valence-corrected chi connectivity index (χ2v) is 16.0. The van der Waals surface area contributed by atoms with Crippen molar-refractivity contribution in [1.82, 2.24) is 0 Å². The van der Waals surface area contributed by atoms with Crippen LogP contribution in [0.4, 0.5) is 0 Å². The summed E-state index contributed by atoms with van der Waals surface area (Å²) in [5.41, 5.74) is 0. The van der Waals surface area contributed by atoms with Gasteiger partial charge in [-0.1, -0.05) is 222 Å². The third-order valence-electron chi connectivity index (χ3n) is 10.2. The molecule has 0 heterocycles. The highest BCUT2D eigenvalue weighted by Crippen LogP contribution is 2.15. The standard InChI is InChI=1S/C53H90O6/c1-4-7-10-13-16-18-20-22-24-25-26-27-29-30-32-34-37-40-43-46-52(55)58-49-50(48-57-51(54)45-42-39-36-15-12-9-6-3)59-53(56)47-44-41-38-35-33-31-28-23-21-19-17-14-11-8-5-2/h7,10,16,18,22,24,26-27,30,32,37,40,50H,4-6,8-9,11-15,17,19-21,23,25,28-29,31,33-36,38-39,41-49H2,1-3H3/b10-7-,18-16-,24-22-,27-26-,32-30-,40-37-. The van der Waals surface area contributed by atoms with Gasteiger partial charge in [-0.05, 0) is 57.8 Å². The topological polar surface area (TPSA) is 78.9 Å². The molecule has 0 bridgehead atoms. The van der Waals surface area contributed by atoms with Gasteiger partial charge in [-0.2, -0.15) is 0 Å². The van der Waals surface area contributed by atoms with Gasteiger partial charge in [0, 0.05) is 19.3 Å². The molecule has 0 saturated heterocycles. The Labute approximate surface area is 363 Å². The van der Waals surface area contributed by atoms with E-state index < -0.39 is 6.10 Å². The molecule has 0 aliphatic rings. The van der Waals surface area contributed by atoms with Gasteiger partial charge in [0.15, 0.2) is 6.10 Å². The van der Waals surface area contributed by atoms with E-state index in [0.29, 0.717) is 19.3 Å². The van der Waals surface area contributed by atoms with Crippen LogP contribution in [0.2, 0.25) is 0 Å². The van der Waals surface area contributed by atoms with Crippen LogP contribution in [0.5, 0.6) is 0 Å². The summed E-state index contributed by atoms with van der Waals surface area (Å²) >= 11 is 0. The van der Waals surface area contributed by atoms with Crippen molar-refractivity contribution < 1.29 is 28.6 Å². The molecular weight excluding hydrogens is 733 g/mol. The number of rotatable bonds is 43. The Hall–Kier alpha value is -3.15. The summed E-state index contributed by atoms with van der Waals surface area (Å²) in [4.78, 5) is 37.7. The van der Waals surface area contributed by atoms with Gasteiger partial charge in [0.2, 0.25) is 0 Å². The largest absolute Gasteiger partial charge is 0.462 e. The average Bonchev–Trinajstić information content (AvgIpc) is 3.23. The monoisotopic (exact) mass is 823 g/mol. The lowest BCUT2D eigenvalue weighted by Crippen LogP contribution is -2.30. The normalized spacial score (nSPS) is 12.7. The molecule has 0 N–H and O–H groups in total. The predicted octanol–water partition coefficient (Wildman–Crippen LogP) is 15.9. The molecule has 0 radical (unpaired) electrons. The molecule has 0 aromatic heterocycles. The molecule has 6 heteroatoms. The van der Waals surface area contributed by atoms with E-state index in [2.05, 4.69) is 87.6 Å². The number of ether oxygens (including phenoxy) is 3. The number of carbonyl (C=O) groups excluding carboxylic acids is 3. The minimum Gasteiger partial charge on any atom is -0.462 e. The van der Waals surface area contributed by atoms with Crippen LogP contribution in [-0.2, 0) is 28.6 Å². The van der Waals surface area contributed by atoms with Gasteiger partial charge in [-0.15, -0.1) is 0 Å². The van der Waals surface area contributed by atoms with E-state index in [1.807, 2.05) is 6.08 Å². The molecule has 0 spiro atoms. The van der Waals surface area contributed by atoms with Gasteiger partial charge in [-0.25, -0.2) is 0 Å². The second-order valence-electron chi connectivity index (χ2n) is 16.0. The van der Waals surface area contributed by atoms with Gasteiger partial charge < -0.3 is 14.2 Å². The minimum absolute atomic E-state index is 0.0969. The Kier molecular flexibility index (Phi) is 45.0. The van der Waals surface area contributed by atoms with E-state index in [4.69, 9.17) is 14.2 Å². The Morgan fingerprint density at radius 1 is 0.356 bits per heavy atom. The fourth-order valence-electron chi connectivity index (χ4n) is 6.58. The van der Waals surface area contributed by atoms with Crippen LogP contribution in [0.3, 0.4) is 0 Å². The number of allylic oxidation sites excluding steroid dienone is 12. The van der Waals surface area contributed by atoms with Crippen molar-refractivity contribution in [3.63, 3.8) is 0 Å². The van der Waals surface area contributed by atoms with E-state index in [-0.39, 0.29) is 37.5 Å². The highest BCUT2D eigenvalue weighted by Gasteiger charge is 2.19. The Morgan fingerprint density at radius 2 is 0.661 bits per heavy atom. The van der Waals surface area contributed by atoms with Crippen molar-refractivity contribution in [2.45, 2.75) is 232 Å². The van der Waals surface area contributed by atoms with Gasteiger partial charge in [0.1, 0.15) is 13.2 Å². The lowest BCUT2D eigenvalue weighted by atomic mass is 10.0. The molecule has 0 aromatic rings. The Bertz CT molecular complexity index is 1130. The fraction of sp³-hybridized carbons (Fsp3) is 0.717. The maximum atomic E-state index is 12.7. The first-order chi connectivity index (χ1) is 29.0. The molecule has 0 saturated carbocycles. The first-order valence-electron chi connectivity index (χ1n) is 24.4. The summed E-state index contributed by atoms with van der Waals surface area (Å²) in [5.74, 6) is -0.991. The summed E-state index contributed by atoms with van der Waals surface area (Å²) in [5, 5.41) is 0. The predicted molar refractivity (Wildman–Crippen MR) is 251 cm³/mol. The van der Waals surface area contributed by atoms with Crippen molar-refractivity contribution in [2.24, 2.45) is 0 Å². The lowest BCUT2D eigenvalue weighted by molar-refractivity contribution is -0.166. The van der Waals surface area contributed by atoms with Crippen LogP contribution in [0, 0.1) is 0 Å². The molecule has 0 aliphatic carbocycles. The van der Waals surface area contributed by atoms with Gasteiger partial charge in [0.25, 0.3) is 0 Å². The van der Waals surface area contributed by atoms with Crippen molar-refractivity contribution in [3.8, 4) is 0 Å². The molecule has 0 fully saturated rings. The summed E-state index contributed by atoms with van der Waals surface area (Å²) < 4.78 is 16.6. The first kappa shape index (κ1) is 55.9. The van der Waals surface area contributed by atoms with E-state index in [1.54, 1.807) is 0 Å². The molecule has 59 heavy (non-hydrogen) atoms.